The molecule has 2 nitrogen and oxygen atoms in total. The first-order valence-corrected chi connectivity index (χ1v) is 7.49. The van der Waals surface area contributed by atoms with Gasteiger partial charge in [-0.2, -0.15) is 0 Å². The number of hydrogen-bond donors (Lipinski definition) is 1. The van der Waals surface area contributed by atoms with Crippen molar-refractivity contribution in [3.8, 4) is 0 Å². The molecule has 17 heavy (non-hydrogen) atoms. The molecule has 1 rings (SSSR count). The van der Waals surface area contributed by atoms with E-state index >= 15 is 0 Å². The van der Waals surface area contributed by atoms with E-state index in [0.717, 1.165) is 25.6 Å². The molecule has 0 radical (unpaired) electrons. The van der Waals surface area contributed by atoms with Crippen LogP contribution < -0.4 is 5.32 Å². The molecule has 0 atom stereocenters. The first kappa shape index (κ1) is 15.0. The SMILES string of the molecule is CCCNCC(C)(C)OCC1CCCCCC1. The fraction of sp³-hybridized carbons (Fsp3) is 1.00. The van der Waals surface area contributed by atoms with Crippen molar-refractivity contribution in [1.82, 2.24) is 5.32 Å². The third kappa shape index (κ3) is 7.05. The minimum Gasteiger partial charge on any atom is -0.374 e. The molecule has 0 aliphatic heterocycles. The molecule has 0 amide bonds. The molecule has 102 valence electrons. The molecule has 0 aromatic heterocycles. The summed E-state index contributed by atoms with van der Waals surface area (Å²) in [5.74, 6) is 0.808. The quantitative estimate of drug-likeness (QED) is 0.541. The van der Waals surface area contributed by atoms with Crippen LogP contribution in [0.15, 0.2) is 0 Å². The highest BCUT2D eigenvalue weighted by Gasteiger charge is 2.20. The molecular formula is C15H31NO. The van der Waals surface area contributed by atoms with Crippen LogP contribution in [0.4, 0.5) is 0 Å². The Balaban J connectivity index is 2.17. The Bertz CT molecular complexity index is 183. The van der Waals surface area contributed by atoms with Gasteiger partial charge < -0.3 is 10.1 Å². The Morgan fingerprint density at radius 3 is 2.35 bits per heavy atom. The van der Waals surface area contributed by atoms with E-state index in [1.54, 1.807) is 0 Å². The molecule has 1 aliphatic rings. The lowest BCUT2D eigenvalue weighted by atomic mass is 10.0. The molecule has 0 unspecified atom stereocenters. The van der Waals surface area contributed by atoms with Gasteiger partial charge >= 0.3 is 0 Å². The van der Waals surface area contributed by atoms with Gasteiger partial charge in [0.05, 0.1) is 12.2 Å². The van der Waals surface area contributed by atoms with Gasteiger partial charge in [0.1, 0.15) is 0 Å². The number of rotatable bonds is 7. The highest BCUT2D eigenvalue weighted by molar-refractivity contribution is 4.73. The molecule has 0 aromatic rings. The fourth-order valence-corrected chi connectivity index (χ4v) is 2.49. The third-order valence-corrected chi connectivity index (χ3v) is 3.66. The smallest absolute Gasteiger partial charge is 0.0750 e. The van der Waals surface area contributed by atoms with E-state index in [9.17, 15) is 0 Å². The third-order valence-electron chi connectivity index (χ3n) is 3.66. The van der Waals surface area contributed by atoms with Crippen molar-refractivity contribution in [3.63, 3.8) is 0 Å². The molecule has 1 aliphatic carbocycles. The van der Waals surface area contributed by atoms with Crippen LogP contribution in [0, 0.1) is 5.92 Å². The van der Waals surface area contributed by atoms with Crippen molar-refractivity contribution in [1.29, 1.82) is 0 Å². The summed E-state index contributed by atoms with van der Waals surface area (Å²) in [6, 6.07) is 0. The summed E-state index contributed by atoms with van der Waals surface area (Å²) in [4.78, 5) is 0. The molecule has 0 saturated heterocycles. The second-order valence-corrected chi connectivity index (χ2v) is 6.11. The van der Waals surface area contributed by atoms with Crippen LogP contribution in [0.1, 0.15) is 65.7 Å². The van der Waals surface area contributed by atoms with Gasteiger partial charge in [0.25, 0.3) is 0 Å². The van der Waals surface area contributed by atoms with Gasteiger partial charge in [0.15, 0.2) is 0 Å². The summed E-state index contributed by atoms with van der Waals surface area (Å²) in [7, 11) is 0. The maximum atomic E-state index is 6.11. The Morgan fingerprint density at radius 1 is 1.12 bits per heavy atom. The van der Waals surface area contributed by atoms with Crippen LogP contribution in [0.5, 0.6) is 0 Å². The summed E-state index contributed by atoms with van der Waals surface area (Å²) in [5.41, 5.74) is -0.0124. The Hall–Kier alpha value is -0.0800. The van der Waals surface area contributed by atoms with Crippen LogP contribution in [-0.2, 0) is 4.74 Å². The first-order chi connectivity index (χ1) is 8.14. The zero-order chi connectivity index (χ0) is 12.6. The minimum absolute atomic E-state index is 0.0124. The lowest BCUT2D eigenvalue weighted by Gasteiger charge is -2.28. The largest absolute Gasteiger partial charge is 0.374 e. The lowest BCUT2D eigenvalue weighted by molar-refractivity contribution is -0.0360. The van der Waals surface area contributed by atoms with Gasteiger partial charge in [-0.3, -0.25) is 0 Å². The predicted octanol–water partition coefficient (Wildman–Crippen LogP) is 3.75. The van der Waals surface area contributed by atoms with E-state index in [-0.39, 0.29) is 5.60 Å². The number of nitrogens with one attached hydrogen (secondary N) is 1. The van der Waals surface area contributed by atoms with E-state index in [0.29, 0.717) is 0 Å². The Labute approximate surface area is 108 Å². The van der Waals surface area contributed by atoms with Crippen molar-refractivity contribution >= 4 is 0 Å². The second-order valence-electron chi connectivity index (χ2n) is 6.11. The molecule has 0 heterocycles. The van der Waals surface area contributed by atoms with E-state index < -0.39 is 0 Å². The van der Waals surface area contributed by atoms with E-state index in [1.807, 2.05) is 0 Å². The first-order valence-electron chi connectivity index (χ1n) is 7.49. The summed E-state index contributed by atoms with van der Waals surface area (Å²) in [6.07, 6.45) is 9.61. The molecule has 0 aromatic carbocycles. The highest BCUT2D eigenvalue weighted by Crippen LogP contribution is 2.24. The van der Waals surface area contributed by atoms with Crippen LogP contribution in [0.2, 0.25) is 0 Å². The second kappa shape index (κ2) is 8.10. The molecule has 2 heteroatoms. The van der Waals surface area contributed by atoms with Crippen molar-refractivity contribution in [2.45, 2.75) is 71.3 Å². The van der Waals surface area contributed by atoms with Crippen molar-refractivity contribution in [3.05, 3.63) is 0 Å². The predicted molar refractivity (Wildman–Crippen MR) is 74.4 cm³/mol. The number of hydrogen-bond acceptors (Lipinski definition) is 2. The summed E-state index contributed by atoms with van der Waals surface area (Å²) < 4.78 is 6.11. The average molecular weight is 241 g/mol. The standard InChI is InChI=1S/C15H31NO/c1-4-11-16-13-15(2,3)17-12-14-9-7-5-6-8-10-14/h14,16H,4-13H2,1-3H3. The summed E-state index contributed by atoms with van der Waals surface area (Å²) >= 11 is 0. The van der Waals surface area contributed by atoms with E-state index in [4.69, 9.17) is 4.74 Å². The van der Waals surface area contributed by atoms with E-state index in [2.05, 4.69) is 26.1 Å². The molecular weight excluding hydrogens is 210 g/mol. The zero-order valence-electron chi connectivity index (χ0n) is 12.1. The highest BCUT2D eigenvalue weighted by atomic mass is 16.5. The van der Waals surface area contributed by atoms with Crippen LogP contribution in [0.25, 0.3) is 0 Å². The zero-order valence-corrected chi connectivity index (χ0v) is 12.1. The van der Waals surface area contributed by atoms with Gasteiger partial charge in [0.2, 0.25) is 0 Å². The van der Waals surface area contributed by atoms with E-state index in [1.165, 1.54) is 44.9 Å². The molecule has 1 N–H and O–H groups in total. The summed E-state index contributed by atoms with van der Waals surface area (Å²) in [5, 5.41) is 3.45. The van der Waals surface area contributed by atoms with Gasteiger partial charge in [-0.1, -0.05) is 32.6 Å². The normalized spacial score (nSPS) is 19.2. The molecule has 1 fully saturated rings. The molecule has 0 spiro atoms. The molecule has 0 bridgehead atoms. The Morgan fingerprint density at radius 2 is 1.76 bits per heavy atom. The Kier molecular flexibility index (Phi) is 7.14. The summed E-state index contributed by atoms with van der Waals surface area (Å²) in [6.45, 7) is 9.62. The van der Waals surface area contributed by atoms with Crippen LogP contribution in [-0.4, -0.2) is 25.3 Å². The average Bonchev–Trinajstić information content (AvgIpc) is 2.55. The number of ether oxygens (including phenoxy) is 1. The van der Waals surface area contributed by atoms with Gasteiger partial charge in [-0.05, 0) is 45.6 Å². The maximum absolute atomic E-state index is 6.11. The van der Waals surface area contributed by atoms with Gasteiger partial charge in [-0.15, -0.1) is 0 Å². The minimum atomic E-state index is -0.0124. The maximum Gasteiger partial charge on any atom is 0.0750 e. The topological polar surface area (TPSA) is 21.3 Å². The van der Waals surface area contributed by atoms with Crippen molar-refractivity contribution in [2.75, 3.05) is 19.7 Å². The van der Waals surface area contributed by atoms with Crippen molar-refractivity contribution < 1.29 is 4.74 Å². The molecule has 1 saturated carbocycles. The monoisotopic (exact) mass is 241 g/mol. The van der Waals surface area contributed by atoms with Crippen LogP contribution >= 0.6 is 0 Å². The van der Waals surface area contributed by atoms with Gasteiger partial charge in [-0.25, -0.2) is 0 Å². The van der Waals surface area contributed by atoms with Gasteiger partial charge in [0, 0.05) is 6.54 Å². The van der Waals surface area contributed by atoms with Crippen molar-refractivity contribution in [2.24, 2.45) is 5.92 Å². The lowest BCUT2D eigenvalue weighted by Crippen LogP contribution is -2.39. The van der Waals surface area contributed by atoms with Crippen LogP contribution in [0.3, 0.4) is 0 Å². The fourth-order valence-electron chi connectivity index (χ4n) is 2.49.